The minimum absolute atomic E-state index is 0.0160. The van der Waals surface area contributed by atoms with Crippen molar-refractivity contribution in [2.75, 3.05) is 24.1 Å². The van der Waals surface area contributed by atoms with Gasteiger partial charge >= 0.3 is 5.97 Å². The third kappa shape index (κ3) is 4.62. The van der Waals surface area contributed by atoms with Crippen LogP contribution in [0.4, 0.5) is 5.69 Å². The molecule has 170 valence electrons. The molecule has 0 radical (unpaired) electrons. The molecular weight excluding hydrogens is 434 g/mol. The number of amides is 1. The fraction of sp³-hybridized carbons (Fsp3) is 0.346. The average Bonchev–Trinajstić information content (AvgIpc) is 2.84. The molecule has 6 nitrogen and oxygen atoms in total. The molecule has 0 unspecified atom stereocenters. The largest absolute Gasteiger partial charge is 0.462 e. The van der Waals surface area contributed by atoms with E-state index in [-0.39, 0.29) is 24.2 Å². The quantitative estimate of drug-likeness (QED) is 0.570. The molecule has 33 heavy (non-hydrogen) atoms. The van der Waals surface area contributed by atoms with Gasteiger partial charge in [0.15, 0.2) is 0 Å². The highest BCUT2D eigenvalue weighted by Crippen LogP contribution is 2.43. The van der Waals surface area contributed by atoms with Gasteiger partial charge in [0, 0.05) is 18.0 Å². The molecule has 0 spiro atoms. The number of carbonyl (C=O) groups is 2. The van der Waals surface area contributed by atoms with Gasteiger partial charge < -0.3 is 9.64 Å². The maximum atomic E-state index is 13.1. The van der Waals surface area contributed by atoms with Crippen molar-refractivity contribution in [1.29, 1.82) is 5.26 Å². The summed E-state index contributed by atoms with van der Waals surface area (Å²) in [7, 11) is 0. The van der Waals surface area contributed by atoms with Gasteiger partial charge in [0.25, 0.3) is 0 Å². The summed E-state index contributed by atoms with van der Waals surface area (Å²) in [5.74, 6) is 0.504. The van der Waals surface area contributed by atoms with Crippen LogP contribution in [0.15, 0.2) is 59.1 Å². The fourth-order valence-electron chi connectivity index (χ4n) is 4.15. The van der Waals surface area contributed by atoms with Crippen molar-refractivity contribution in [2.45, 2.75) is 39.0 Å². The highest BCUT2D eigenvalue weighted by Gasteiger charge is 2.38. The lowest BCUT2D eigenvalue weighted by Crippen LogP contribution is -2.47. The van der Waals surface area contributed by atoms with Crippen LogP contribution in [0.1, 0.15) is 60.5 Å². The predicted octanol–water partition coefficient (Wildman–Crippen LogP) is 5.21. The number of hydrogen-bond donors (Lipinski definition) is 0. The number of hydrogen-bond acceptors (Lipinski definition) is 6. The van der Waals surface area contributed by atoms with Crippen LogP contribution in [0.3, 0.4) is 0 Å². The number of ether oxygens (including phenoxy) is 1. The first-order chi connectivity index (χ1) is 15.9. The Morgan fingerprint density at radius 1 is 1.18 bits per heavy atom. The second kappa shape index (κ2) is 9.72. The first kappa shape index (κ1) is 22.9. The van der Waals surface area contributed by atoms with Gasteiger partial charge in [-0.25, -0.2) is 4.79 Å². The highest BCUT2D eigenvalue weighted by molar-refractivity contribution is 8.03. The Hall–Kier alpha value is -3.24. The number of esters is 1. The van der Waals surface area contributed by atoms with Crippen molar-refractivity contribution in [3.05, 3.63) is 75.8 Å². The first-order valence-electron chi connectivity index (χ1n) is 11.1. The van der Waals surface area contributed by atoms with E-state index in [2.05, 4.69) is 36.9 Å². The number of carbonyl (C=O) groups excluding carboxylic acids is 2. The standard InChI is InChI=1S/C26H27N3O3S/c1-4-32-26(31)20-9-11-21(12-10-20)28-15-29-24(30)13-22(23(14-27)25(29)33-16-28)19-7-5-18(6-8-19)17(2)3/h5-12,17,22H,4,13,15-16H2,1-3H3/t22-/m1/s1. The minimum atomic E-state index is -0.348. The summed E-state index contributed by atoms with van der Waals surface area (Å²) in [6, 6.07) is 17.9. The van der Waals surface area contributed by atoms with E-state index in [4.69, 9.17) is 4.74 Å². The van der Waals surface area contributed by atoms with Gasteiger partial charge in [-0.05, 0) is 48.2 Å². The lowest BCUT2D eigenvalue weighted by atomic mass is 9.85. The molecule has 2 aromatic carbocycles. The van der Waals surface area contributed by atoms with Crippen LogP contribution in [-0.2, 0) is 9.53 Å². The van der Waals surface area contributed by atoms with Crippen LogP contribution < -0.4 is 4.90 Å². The second-order valence-corrected chi connectivity index (χ2v) is 9.39. The fourth-order valence-corrected chi connectivity index (χ4v) is 5.31. The summed E-state index contributed by atoms with van der Waals surface area (Å²) >= 11 is 1.51. The molecule has 1 amide bonds. The summed E-state index contributed by atoms with van der Waals surface area (Å²) in [5.41, 5.74) is 4.32. The molecule has 1 saturated heterocycles. The van der Waals surface area contributed by atoms with Gasteiger partial charge in [-0.15, -0.1) is 0 Å². The lowest BCUT2D eigenvalue weighted by Gasteiger charge is -2.42. The molecule has 2 aliphatic heterocycles. The Bertz CT molecular complexity index is 1120. The van der Waals surface area contributed by atoms with Crippen LogP contribution in [0.2, 0.25) is 0 Å². The molecule has 7 heteroatoms. The predicted molar refractivity (Wildman–Crippen MR) is 130 cm³/mol. The number of fused-ring (bicyclic) bond motifs is 1. The number of nitrogens with zero attached hydrogens (tertiary/aromatic N) is 3. The maximum Gasteiger partial charge on any atom is 0.338 e. The van der Waals surface area contributed by atoms with Crippen molar-refractivity contribution in [3.63, 3.8) is 0 Å². The Morgan fingerprint density at radius 2 is 1.88 bits per heavy atom. The summed E-state index contributed by atoms with van der Waals surface area (Å²) in [4.78, 5) is 28.8. The van der Waals surface area contributed by atoms with Crippen LogP contribution in [0, 0.1) is 11.3 Å². The molecule has 2 aliphatic rings. The highest BCUT2D eigenvalue weighted by atomic mass is 32.2. The van der Waals surface area contributed by atoms with Gasteiger partial charge in [-0.3, -0.25) is 9.69 Å². The smallest absolute Gasteiger partial charge is 0.338 e. The van der Waals surface area contributed by atoms with Gasteiger partial charge in [0.1, 0.15) is 0 Å². The zero-order valence-electron chi connectivity index (χ0n) is 19.1. The van der Waals surface area contributed by atoms with E-state index >= 15 is 0 Å². The van der Waals surface area contributed by atoms with E-state index < -0.39 is 0 Å². The normalized spacial score (nSPS) is 18.3. The molecule has 0 aromatic heterocycles. The molecular formula is C26H27N3O3S. The first-order valence-corrected chi connectivity index (χ1v) is 12.1. The minimum Gasteiger partial charge on any atom is -0.462 e. The van der Waals surface area contributed by atoms with E-state index in [1.807, 2.05) is 24.3 Å². The van der Waals surface area contributed by atoms with Gasteiger partial charge in [0.2, 0.25) is 5.91 Å². The average molecular weight is 462 g/mol. The summed E-state index contributed by atoms with van der Waals surface area (Å²) in [6.45, 7) is 6.78. The van der Waals surface area contributed by atoms with E-state index in [9.17, 15) is 14.9 Å². The number of allylic oxidation sites excluding steroid dienone is 1. The molecule has 1 fully saturated rings. The van der Waals surface area contributed by atoms with Crippen molar-refractivity contribution in [1.82, 2.24) is 4.90 Å². The molecule has 2 heterocycles. The Balaban J connectivity index is 1.56. The second-order valence-electron chi connectivity index (χ2n) is 8.45. The molecule has 0 bridgehead atoms. The number of nitriles is 1. The SMILES string of the molecule is CCOC(=O)c1ccc(N2CSC3=C(C#N)[C@@H](c4ccc(C(C)C)cc4)CC(=O)N3C2)cc1. The van der Waals surface area contributed by atoms with E-state index in [0.29, 0.717) is 36.2 Å². The molecule has 4 rings (SSSR count). The topological polar surface area (TPSA) is 73.6 Å². The van der Waals surface area contributed by atoms with Gasteiger partial charge in [-0.1, -0.05) is 49.9 Å². The molecule has 0 aliphatic carbocycles. The van der Waals surface area contributed by atoms with Crippen LogP contribution in [0.5, 0.6) is 0 Å². The zero-order valence-corrected chi connectivity index (χ0v) is 19.9. The maximum absolute atomic E-state index is 13.1. The summed E-state index contributed by atoms with van der Waals surface area (Å²) in [5, 5.41) is 10.7. The van der Waals surface area contributed by atoms with Crippen LogP contribution in [0.25, 0.3) is 0 Å². The van der Waals surface area contributed by atoms with Crippen LogP contribution >= 0.6 is 11.8 Å². The van der Waals surface area contributed by atoms with E-state index in [0.717, 1.165) is 16.3 Å². The molecule has 2 aromatic rings. The van der Waals surface area contributed by atoms with Crippen molar-refractivity contribution >= 4 is 29.3 Å². The number of benzene rings is 2. The number of anilines is 1. The lowest BCUT2D eigenvalue weighted by molar-refractivity contribution is -0.129. The Kier molecular flexibility index (Phi) is 6.75. The van der Waals surface area contributed by atoms with Crippen molar-refractivity contribution < 1.29 is 14.3 Å². The zero-order chi connectivity index (χ0) is 23.5. The van der Waals surface area contributed by atoms with Crippen molar-refractivity contribution in [3.8, 4) is 6.07 Å². The summed E-state index contributed by atoms with van der Waals surface area (Å²) < 4.78 is 5.04. The molecule has 0 saturated carbocycles. The summed E-state index contributed by atoms with van der Waals surface area (Å²) in [6.07, 6.45) is 0.281. The molecule has 1 atom stereocenters. The van der Waals surface area contributed by atoms with Gasteiger partial charge in [0.05, 0.1) is 41.4 Å². The number of thioether (sulfide) groups is 1. The van der Waals surface area contributed by atoms with E-state index in [1.54, 1.807) is 24.0 Å². The van der Waals surface area contributed by atoms with Crippen LogP contribution in [-0.4, -0.2) is 35.9 Å². The van der Waals surface area contributed by atoms with Gasteiger partial charge in [-0.2, -0.15) is 5.26 Å². The molecule has 0 N–H and O–H groups in total. The monoisotopic (exact) mass is 461 g/mol. The number of rotatable bonds is 5. The Labute approximate surface area is 198 Å². The van der Waals surface area contributed by atoms with E-state index in [1.165, 1.54) is 17.3 Å². The van der Waals surface area contributed by atoms with Crippen molar-refractivity contribution in [2.24, 2.45) is 0 Å². The Morgan fingerprint density at radius 3 is 2.48 bits per heavy atom. The third-order valence-electron chi connectivity index (χ3n) is 6.04. The third-order valence-corrected chi connectivity index (χ3v) is 7.20.